The number of carbonyl (C=O) groups excluding carboxylic acids is 2. The predicted octanol–water partition coefficient (Wildman–Crippen LogP) is 6.68. The molecule has 3 N–H and O–H groups in total. The molecule has 43 heavy (non-hydrogen) atoms. The lowest BCUT2D eigenvalue weighted by molar-refractivity contribution is -0.215. The average molecular weight is 629 g/mol. The zero-order valence-corrected chi connectivity index (χ0v) is 23.1. The van der Waals surface area contributed by atoms with Gasteiger partial charge in [0.05, 0.1) is 47.9 Å². The predicted molar refractivity (Wildman–Crippen MR) is 135 cm³/mol. The third-order valence-corrected chi connectivity index (χ3v) is 6.71. The topological polar surface area (TPSA) is 105 Å². The second-order valence-electron chi connectivity index (χ2n) is 10.7. The summed E-state index contributed by atoms with van der Waals surface area (Å²) in [5, 5.41) is 8.58. The quantitative estimate of drug-likeness (QED) is 0.206. The number of hydrogen-bond acceptors (Lipinski definition) is 4. The highest BCUT2D eigenvalue weighted by atomic mass is 19.4. The standard InChI is InChI=1S/C26H29F9N6O2/c1-14(37-20(42)6-8-24(27,28)29)15-4-5-16-17(12-15)39-21(38-16)18(13-23(2,3)26(33,34)35)40-22(43)19-7-10-36-41(19)11-9-25(30,31)32/h4-5,7,10,12,14,18H,6,8-9,11,13H2,1-3H3,(H,37,42)(H,38,39)(H,40,43)/t14-,18-/m0/s1. The minimum Gasteiger partial charge on any atom is -0.350 e. The number of carbonyl (C=O) groups is 2. The van der Waals surface area contributed by atoms with Crippen LogP contribution in [0.25, 0.3) is 11.0 Å². The van der Waals surface area contributed by atoms with Gasteiger partial charge in [-0.05, 0) is 37.1 Å². The van der Waals surface area contributed by atoms with E-state index in [1.807, 2.05) is 0 Å². The minimum absolute atomic E-state index is 0.0824. The fourth-order valence-corrected chi connectivity index (χ4v) is 4.14. The number of amides is 2. The molecule has 0 aliphatic heterocycles. The molecule has 2 aromatic heterocycles. The molecule has 2 heterocycles. The summed E-state index contributed by atoms with van der Waals surface area (Å²) in [5.74, 6) is -1.89. The van der Waals surface area contributed by atoms with Gasteiger partial charge in [0.2, 0.25) is 5.91 Å². The smallest absolute Gasteiger partial charge is 0.350 e. The summed E-state index contributed by atoms with van der Waals surface area (Å²) >= 11 is 0. The van der Waals surface area contributed by atoms with Crippen molar-refractivity contribution in [2.24, 2.45) is 5.41 Å². The molecule has 0 aliphatic carbocycles. The molecular formula is C26H29F9N6O2. The molecule has 3 rings (SSSR count). The summed E-state index contributed by atoms with van der Waals surface area (Å²) in [5.41, 5.74) is -1.61. The van der Waals surface area contributed by atoms with Crippen LogP contribution in [0.3, 0.4) is 0 Å². The molecular weight excluding hydrogens is 599 g/mol. The molecule has 3 aromatic rings. The molecule has 0 aliphatic rings. The fraction of sp³-hybridized carbons (Fsp3) is 0.538. The van der Waals surface area contributed by atoms with E-state index in [9.17, 15) is 49.1 Å². The van der Waals surface area contributed by atoms with Crippen LogP contribution in [0.2, 0.25) is 0 Å². The number of nitrogens with one attached hydrogen (secondary N) is 3. The molecule has 17 heteroatoms. The van der Waals surface area contributed by atoms with E-state index in [2.05, 4.69) is 25.7 Å². The van der Waals surface area contributed by atoms with Gasteiger partial charge in [0.15, 0.2) is 0 Å². The zero-order chi connectivity index (χ0) is 32.4. The van der Waals surface area contributed by atoms with Crippen LogP contribution in [0.4, 0.5) is 39.5 Å². The summed E-state index contributed by atoms with van der Waals surface area (Å²) in [6.45, 7) is 2.68. The minimum atomic E-state index is -4.69. The van der Waals surface area contributed by atoms with E-state index in [-0.39, 0.29) is 17.0 Å². The number of benzene rings is 1. The lowest BCUT2D eigenvalue weighted by atomic mass is 9.84. The van der Waals surface area contributed by atoms with Crippen molar-refractivity contribution in [2.45, 2.75) is 83.6 Å². The number of halogens is 9. The van der Waals surface area contributed by atoms with Crippen LogP contribution in [0.5, 0.6) is 0 Å². The van der Waals surface area contributed by atoms with E-state index < -0.39 is 80.1 Å². The molecule has 0 fully saturated rings. The number of imidazole rings is 1. The summed E-state index contributed by atoms with van der Waals surface area (Å²) in [6, 6.07) is 3.52. The van der Waals surface area contributed by atoms with E-state index in [1.165, 1.54) is 25.1 Å². The highest BCUT2D eigenvalue weighted by Gasteiger charge is 2.49. The third kappa shape index (κ3) is 9.35. The summed E-state index contributed by atoms with van der Waals surface area (Å²) in [6.07, 6.45) is -16.7. The summed E-state index contributed by atoms with van der Waals surface area (Å²) in [7, 11) is 0. The van der Waals surface area contributed by atoms with Crippen molar-refractivity contribution in [1.82, 2.24) is 30.4 Å². The van der Waals surface area contributed by atoms with Crippen LogP contribution in [0.1, 0.15) is 80.4 Å². The number of rotatable bonds is 11. The Labute approximate surface area is 239 Å². The van der Waals surface area contributed by atoms with E-state index in [0.29, 0.717) is 11.1 Å². The first-order valence-corrected chi connectivity index (χ1v) is 13.0. The zero-order valence-electron chi connectivity index (χ0n) is 23.1. The van der Waals surface area contributed by atoms with Gasteiger partial charge in [0, 0.05) is 12.6 Å². The van der Waals surface area contributed by atoms with E-state index >= 15 is 0 Å². The van der Waals surface area contributed by atoms with E-state index in [1.54, 1.807) is 0 Å². The lowest BCUT2D eigenvalue weighted by Crippen LogP contribution is -2.39. The fourth-order valence-electron chi connectivity index (χ4n) is 4.14. The van der Waals surface area contributed by atoms with Gasteiger partial charge in [0.25, 0.3) is 5.91 Å². The number of fused-ring (bicyclic) bond motifs is 1. The molecule has 0 radical (unpaired) electrons. The Balaban J connectivity index is 1.87. The monoisotopic (exact) mass is 628 g/mol. The van der Waals surface area contributed by atoms with Crippen molar-refractivity contribution >= 4 is 22.8 Å². The number of aromatic nitrogens is 4. The molecule has 2 amide bonds. The molecule has 0 saturated heterocycles. The van der Waals surface area contributed by atoms with Crippen molar-refractivity contribution in [1.29, 1.82) is 0 Å². The first-order chi connectivity index (χ1) is 19.6. The van der Waals surface area contributed by atoms with E-state index in [4.69, 9.17) is 0 Å². The Kier molecular flexibility index (Phi) is 9.75. The van der Waals surface area contributed by atoms with Gasteiger partial charge >= 0.3 is 18.5 Å². The molecule has 8 nitrogen and oxygen atoms in total. The highest BCUT2D eigenvalue weighted by molar-refractivity contribution is 5.92. The summed E-state index contributed by atoms with van der Waals surface area (Å²) in [4.78, 5) is 32.1. The summed E-state index contributed by atoms with van der Waals surface area (Å²) < 4.78 is 118. The Morgan fingerprint density at radius 1 is 0.953 bits per heavy atom. The van der Waals surface area contributed by atoms with Crippen LogP contribution >= 0.6 is 0 Å². The van der Waals surface area contributed by atoms with Gasteiger partial charge in [0.1, 0.15) is 11.5 Å². The number of alkyl halides is 9. The first-order valence-electron chi connectivity index (χ1n) is 13.0. The third-order valence-electron chi connectivity index (χ3n) is 6.71. The Hall–Kier alpha value is -3.79. The van der Waals surface area contributed by atoms with Gasteiger partial charge in [-0.15, -0.1) is 0 Å². The Morgan fingerprint density at radius 3 is 2.21 bits per heavy atom. The van der Waals surface area contributed by atoms with Gasteiger partial charge in [-0.25, -0.2) is 4.98 Å². The lowest BCUT2D eigenvalue weighted by Gasteiger charge is -2.31. The second kappa shape index (κ2) is 12.4. The number of hydrogen-bond donors (Lipinski definition) is 3. The molecule has 2 atom stereocenters. The number of aromatic amines is 1. The number of nitrogens with zero attached hydrogens (tertiary/aromatic N) is 3. The Bertz CT molecular complexity index is 1420. The maximum Gasteiger partial charge on any atom is 0.394 e. The normalized spacial score (nSPS) is 14.5. The molecule has 0 unspecified atom stereocenters. The maximum absolute atomic E-state index is 13.8. The molecule has 0 bridgehead atoms. The van der Waals surface area contributed by atoms with Crippen LogP contribution in [0, 0.1) is 5.41 Å². The van der Waals surface area contributed by atoms with E-state index in [0.717, 1.165) is 30.8 Å². The number of H-pyrrole nitrogens is 1. The maximum atomic E-state index is 13.8. The van der Waals surface area contributed by atoms with Crippen molar-refractivity contribution in [3.05, 3.63) is 47.5 Å². The van der Waals surface area contributed by atoms with Gasteiger partial charge in [-0.1, -0.05) is 19.9 Å². The van der Waals surface area contributed by atoms with Crippen LogP contribution < -0.4 is 10.6 Å². The van der Waals surface area contributed by atoms with Crippen LogP contribution in [0.15, 0.2) is 30.5 Å². The highest BCUT2D eigenvalue weighted by Crippen LogP contribution is 2.43. The SMILES string of the molecule is C[C@H](NC(=O)CCC(F)(F)F)c1ccc2nc([C@H](CC(C)(C)C(F)(F)F)NC(=O)c3ccnn3CCC(F)(F)F)[nH]c2c1. The molecule has 0 spiro atoms. The van der Waals surface area contributed by atoms with Crippen molar-refractivity contribution in [3.63, 3.8) is 0 Å². The number of aryl methyl sites for hydroxylation is 1. The van der Waals surface area contributed by atoms with Gasteiger partial charge in [-0.3, -0.25) is 14.3 Å². The first kappa shape index (κ1) is 33.7. The van der Waals surface area contributed by atoms with Crippen LogP contribution in [-0.4, -0.2) is 50.1 Å². The molecule has 1 aromatic carbocycles. The van der Waals surface area contributed by atoms with Gasteiger partial charge < -0.3 is 15.6 Å². The second-order valence-corrected chi connectivity index (χ2v) is 10.7. The Morgan fingerprint density at radius 2 is 1.60 bits per heavy atom. The average Bonchev–Trinajstić information content (AvgIpc) is 3.51. The van der Waals surface area contributed by atoms with Crippen molar-refractivity contribution in [2.75, 3.05) is 0 Å². The van der Waals surface area contributed by atoms with Crippen molar-refractivity contribution < 1.29 is 49.1 Å². The molecule has 238 valence electrons. The molecule has 0 saturated carbocycles. The largest absolute Gasteiger partial charge is 0.394 e. The van der Waals surface area contributed by atoms with Crippen molar-refractivity contribution in [3.8, 4) is 0 Å². The van der Waals surface area contributed by atoms with Gasteiger partial charge in [-0.2, -0.15) is 44.6 Å². The van der Waals surface area contributed by atoms with Crippen LogP contribution in [-0.2, 0) is 11.3 Å².